The summed E-state index contributed by atoms with van der Waals surface area (Å²) in [5, 5.41) is 11.4. The van der Waals surface area contributed by atoms with Gasteiger partial charge in [-0.25, -0.2) is 4.79 Å². The van der Waals surface area contributed by atoms with Crippen molar-refractivity contribution in [2.45, 2.75) is 69.5 Å². The lowest BCUT2D eigenvalue weighted by Gasteiger charge is -2.51. The van der Waals surface area contributed by atoms with Gasteiger partial charge in [-0.3, -0.25) is 0 Å². The van der Waals surface area contributed by atoms with E-state index < -0.39 is 23.4 Å². The maximum absolute atomic E-state index is 13.3. The minimum absolute atomic E-state index is 0.159. The number of aliphatic hydroxyl groups is 1. The van der Waals surface area contributed by atoms with Crippen molar-refractivity contribution in [3.63, 3.8) is 0 Å². The number of alkyl halides is 3. The lowest BCUT2D eigenvalue weighted by atomic mass is 9.72. The van der Waals surface area contributed by atoms with Gasteiger partial charge in [0.15, 0.2) is 0 Å². The number of fused-ring (bicyclic) bond motifs is 2. The molecule has 0 aliphatic carbocycles. The minimum Gasteiger partial charge on any atom is -0.445 e. The number of carbonyl (C=O) groups is 1. The van der Waals surface area contributed by atoms with E-state index in [1.165, 1.54) is 0 Å². The van der Waals surface area contributed by atoms with Gasteiger partial charge in [-0.2, -0.15) is 13.2 Å². The van der Waals surface area contributed by atoms with Crippen molar-refractivity contribution in [3.8, 4) is 0 Å². The number of ether oxygens (including phenoxy) is 1. The maximum Gasteiger partial charge on any atom is 0.416 e. The first-order valence-electron chi connectivity index (χ1n) is 10.6. The zero-order chi connectivity index (χ0) is 22.2. The highest BCUT2D eigenvalue weighted by Crippen LogP contribution is 2.45. The summed E-state index contributed by atoms with van der Waals surface area (Å²) < 4.78 is 45.5. The Kier molecular flexibility index (Phi) is 5.73. The van der Waals surface area contributed by atoms with Crippen LogP contribution >= 0.6 is 0 Å². The van der Waals surface area contributed by atoms with E-state index >= 15 is 0 Å². The van der Waals surface area contributed by atoms with Gasteiger partial charge in [-0.15, -0.1) is 0 Å². The molecule has 4 rings (SSSR count). The molecule has 31 heavy (non-hydrogen) atoms. The van der Waals surface area contributed by atoms with Crippen molar-refractivity contribution in [2.24, 2.45) is 0 Å². The molecule has 2 aliphatic heterocycles. The van der Waals surface area contributed by atoms with Crippen molar-refractivity contribution >= 4 is 6.09 Å². The predicted octanol–water partition coefficient (Wildman–Crippen LogP) is 5.56. The normalized spacial score (nSPS) is 25.9. The molecule has 2 bridgehead atoms. The number of benzene rings is 2. The molecule has 4 nitrogen and oxygen atoms in total. The lowest BCUT2D eigenvalue weighted by Crippen LogP contribution is -2.59. The third-order valence-corrected chi connectivity index (χ3v) is 6.37. The van der Waals surface area contributed by atoms with Crippen LogP contribution in [0.1, 0.15) is 54.4 Å². The van der Waals surface area contributed by atoms with E-state index in [1.54, 1.807) is 17.9 Å². The van der Waals surface area contributed by atoms with Gasteiger partial charge in [-0.1, -0.05) is 42.0 Å². The van der Waals surface area contributed by atoms with E-state index in [0.29, 0.717) is 18.4 Å². The zero-order valence-corrected chi connectivity index (χ0v) is 17.4. The Bertz CT molecular complexity index is 931. The van der Waals surface area contributed by atoms with Crippen molar-refractivity contribution in [1.29, 1.82) is 0 Å². The van der Waals surface area contributed by atoms with Crippen LogP contribution in [0.3, 0.4) is 0 Å². The second kappa shape index (κ2) is 8.19. The minimum atomic E-state index is -4.48. The van der Waals surface area contributed by atoms with Crippen molar-refractivity contribution in [1.82, 2.24) is 4.90 Å². The molecule has 7 heteroatoms. The van der Waals surface area contributed by atoms with Gasteiger partial charge in [0.1, 0.15) is 6.61 Å². The predicted molar refractivity (Wildman–Crippen MR) is 109 cm³/mol. The molecule has 2 saturated heterocycles. The number of carbonyl (C=O) groups excluding carboxylic acids is 1. The Morgan fingerprint density at radius 1 is 1.13 bits per heavy atom. The third kappa shape index (κ3) is 4.56. The van der Waals surface area contributed by atoms with Crippen LogP contribution in [0.5, 0.6) is 0 Å². The first-order chi connectivity index (χ1) is 14.7. The van der Waals surface area contributed by atoms with Gasteiger partial charge in [0.05, 0.1) is 11.2 Å². The molecule has 1 N–H and O–H groups in total. The highest BCUT2D eigenvalue weighted by Gasteiger charge is 2.49. The molecule has 1 amide bonds. The van der Waals surface area contributed by atoms with Crippen molar-refractivity contribution in [2.75, 3.05) is 0 Å². The van der Waals surface area contributed by atoms with Crippen LogP contribution in [0.4, 0.5) is 18.0 Å². The topological polar surface area (TPSA) is 49.8 Å². The summed E-state index contributed by atoms with van der Waals surface area (Å²) in [6.07, 6.45) is -2.21. The molecule has 0 saturated carbocycles. The number of rotatable bonds is 3. The fraction of sp³-hybridized carbons (Fsp3) is 0.458. The van der Waals surface area contributed by atoms with E-state index in [2.05, 4.69) is 0 Å². The summed E-state index contributed by atoms with van der Waals surface area (Å²) in [5.74, 6) is 0. The molecule has 0 spiro atoms. The number of piperidine rings is 2. The SMILES string of the molecule is Cc1cc(C(F)(F)F)cc(C2(O)CC3CCCC(C2)N3C(=O)OCc2ccccc2)c1. The summed E-state index contributed by atoms with van der Waals surface area (Å²) in [6, 6.07) is 12.6. The largest absolute Gasteiger partial charge is 0.445 e. The Morgan fingerprint density at radius 2 is 1.77 bits per heavy atom. The molecular weight excluding hydrogens is 407 g/mol. The van der Waals surface area contributed by atoms with Gasteiger partial charge in [-0.05, 0) is 49.4 Å². The smallest absolute Gasteiger partial charge is 0.416 e. The molecule has 2 heterocycles. The number of amides is 1. The fourth-order valence-corrected chi connectivity index (χ4v) is 4.97. The zero-order valence-electron chi connectivity index (χ0n) is 17.4. The van der Waals surface area contributed by atoms with Crippen molar-refractivity contribution < 1.29 is 27.8 Å². The van der Waals surface area contributed by atoms with Crippen LogP contribution in [0, 0.1) is 6.92 Å². The summed E-state index contributed by atoms with van der Waals surface area (Å²) in [6.45, 7) is 1.76. The first kappa shape index (κ1) is 21.7. The fourth-order valence-electron chi connectivity index (χ4n) is 4.97. The Hall–Kier alpha value is -2.54. The van der Waals surface area contributed by atoms with Crippen LogP contribution in [0.25, 0.3) is 0 Å². The molecule has 0 aromatic heterocycles. The molecule has 166 valence electrons. The number of aryl methyl sites for hydroxylation is 1. The average molecular weight is 433 g/mol. The van der Waals surface area contributed by atoms with E-state index in [4.69, 9.17) is 4.74 Å². The molecule has 2 aromatic rings. The van der Waals surface area contributed by atoms with Crippen LogP contribution in [0.2, 0.25) is 0 Å². The van der Waals surface area contributed by atoms with Gasteiger partial charge < -0.3 is 14.7 Å². The highest BCUT2D eigenvalue weighted by atomic mass is 19.4. The summed E-state index contributed by atoms with van der Waals surface area (Å²) in [7, 11) is 0. The molecule has 2 aliphatic rings. The molecule has 2 fully saturated rings. The van der Waals surface area contributed by atoms with Gasteiger partial charge in [0, 0.05) is 24.9 Å². The Balaban J connectivity index is 1.54. The number of nitrogens with zero attached hydrogens (tertiary/aromatic N) is 1. The monoisotopic (exact) mass is 433 g/mol. The molecule has 0 radical (unpaired) electrons. The molecule has 2 atom stereocenters. The van der Waals surface area contributed by atoms with E-state index in [0.717, 1.165) is 24.1 Å². The second-order valence-corrected chi connectivity index (χ2v) is 8.71. The lowest BCUT2D eigenvalue weighted by molar-refractivity contribution is -0.138. The Morgan fingerprint density at radius 3 is 2.39 bits per heavy atom. The third-order valence-electron chi connectivity index (χ3n) is 6.37. The van der Waals surface area contributed by atoms with Gasteiger partial charge in [0.2, 0.25) is 0 Å². The van der Waals surface area contributed by atoms with Crippen LogP contribution < -0.4 is 0 Å². The van der Waals surface area contributed by atoms with E-state index in [-0.39, 0.29) is 37.1 Å². The number of halogens is 3. The van der Waals surface area contributed by atoms with Crippen molar-refractivity contribution in [3.05, 3.63) is 70.8 Å². The highest BCUT2D eigenvalue weighted by molar-refractivity contribution is 5.69. The first-order valence-corrected chi connectivity index (χ1v) is 10.6. The van der Waals surface area contributed by atoms with Crippen LogP contribution in [0.15, 0.2) is 48.5 Å². The van der Waals surface area contributed by atoms with Gasteiger partial charge >= 0.3 is 12.3 Å². The quantitative estimate of drug-likeness (QED) is 0.690. The Labute approximate surface area is 179 Å². The van der Waals surface area contributed by atoms with Crippen LogP contribution in [-0.2, 0) is 23.1 Å². The number of hydrogen-bond donors (Lipinski definition) is 1. The summed E-state index contributed by atoms with van der Waals surface area (Å²) in [4.78, 5) is 14.5. The van der Waals surface area contributed by atoms with Gasteiger partial charge in [0.25, 0.3) is 0 Å². The second-order valence-electron chi connectivity index (χ2n) is 8.71. The number of hydrogen-bond acceptors (Lipinski definition) is 3. The molecule has 2 unspecified atom stereocenters. The average Bonchev–Trinajstić information content (AvgIpc) is 2.71. The molecular formula is C24H26F3NO3. The van der Waals surface area contributed by atoms with E-state index in [9.17, 15) is 23.1 Å². The molecule has 2 aromatic carbocycles. The maximum atomic E-state index is 13.3. The van der Waals surface area contributed by atoms with E-state index in [1.807, 2.05) is 30.3 Å². The standard InChI is InChI=1S/C24H26F3NO3/c1-16-10-18(12-19(11-16)24(25,26)27)23(30)13-20-8-5-9-21(14-23)28(20)22(29)31-15-17-6-3-2-4-7-17/h2-4,6-7,10-12,20-21,30H,5,8-9,13-15H2,1H3. The summed E-state index contributed by atoms with van der Waals surface area (Å²) in [5.41, 5.74) is -0.556. The summed E-state index contributed by atoms with van der Waals surface area (Å²) >= 11 is 0. The van der Waals surface area contributed by atoms with Crippen LogP contribution in [-0.4, -0.2) is 28.2 Å².